The quantitative estimate of drug-likeness (QED) is 0.0934. The first-order valence-corrected chi connectivity index (χ1v) is 23.2. The second-order valence-electron chi connectivity index (χ2n) is 19.7. The summed E-state index contributed by atoms with van der Waals surface area (Å²) in [6, 6.07) is 10.1. The van der Waals surface area contributed by atoms with Gasteiger partial charge in [0.2, 0.25) is 0 Å². The number of amides is 1. The zero-order valence-corrected chi connectivity index (χ0v) is 38.1. The van der Waals surface area contributed by atoms with Crippen LogP contribution < -0.4 is 20.7 Å². The van der Waals surface area contributed by atoms with Crippen LogP contribution in [0.15, 0.2) is 48.6 Å². The van der Waals surface area contributed by atoms with E-state index in [1.165, 1.54) is 7.11 Å². The number of H-pyrrole nitrogens is 1. The first-order valence-electron chi connectivity index (χ1n) is 23.2. The maximum atomic E-state index is 15.4. The van der Waals surface area contributed by atoms with E-state index in [9.17, 15) is 24.9 Å². The molecule has 15 nitrogen and oxygen atoms in total. The fraction of sp³-hybridized carbons (Fsp3) is 0.612. The number of likely N-dealkylation sites (N-methyl/N-ethyl adjacent to an activating group) is 1. The number of nitrogens with two attached hydrogens (primary N) is 1. The fourth-order valence-electron chi connectivity index (χ4n) is 13.8. The third-order valence-electron chi connectivity index (χ3n) is 16.4. The van der Waals surface area contributed by atoms with Crippen molar-refractivity contribution in [3.8, 4) is 5.75 Å². The molecule has 7 N–H and O–H groups in total. The molecule has 6 aliphatic rings. The van der Waals surface area contributed by atoms with E-state index >= 15 is 4.79 Å². The summed E-state index contributed by atoms with van der Waals surface area (Å²) >= 11 is 0. The van der Waals surface area contributed by atoms with Crippen molar-refractivity contribution in [2.75, 3.05) is 72.0 Å². The molecule has 9 rings (SSSR count). The minimum atomic E-state index is -2.33. The summed E-state index contributed by atoms with van der Waals surface area (Å²) in [6.07, 6.45) is 5.87. The van der Waals surface area contributed by atoms with Crippen molar-refractivity contribution >= 4 is 34.4 Å². The molecule has 3 aromatic rings. The molecule has 3 fully saturated rings. The lowest BCUT2D eigenvalue weighted by atomic mass is 9.47. The number of ether oxygens (including phenoxy) is 3. The van der Waals surface area contributed by atoms with Crippen molar-refractivity contribution in [2.24, 2.45) is 17.1 Å². The molecule has 2 bridgehead atoms. The van der Waals surface area contributed by atoms with Gasteiger partial charge in [-0.3, -0.25) is 24.2 Å². The summed E-state index contributed by atoms with van der Waals surface area (Å²) in [4.78, 5) is 52.7. The largest absolute Gasteiger partial charge is 0.496 e. The maximum Gasteiger partial charge on any atom is 0.322 e. The first kappa shape index (κ1) is 44.7. The zero-order valence-electron chi connectivity index (χ0n) is 38.1. The Labute approximate surface area is 375 Å². The molecule has 1 aliphatic carbocycles. The van der Waals surface area contributed by atoms with Crippen LogP contribution in [0.5, 0.6) is 5.75 Å². The minimum Gasteiger partial charge on any atom is -0.496 e. The summed E-state index contributed by atoms with van der Waals surface area (Å²) in [5, 5.41) is 42.1. The number of nitrogens with one attached hydrogen (secondary N) is 2. The number of anilines is 1. The average molecular weight is 883 g/mol. The van der Waals surface area contributed by atoms with E-state index in [0.717, 1.165) is 33.4 Å². The number of rotatable bonds is 11. The highest BCUT2D eigenvalue weighted by molar-refractivity contribution is 5.95. The molecule has 6 heterocycles. The third-order valence-corrected chi connectivity index (χ3v) is 16.4. The number of methoxy groups -OCH3 is 2. The number of carbonyl (C=O) groups is 3. The first-order chi connectivity index (χ1) is 30.6. The lowest BCUT2D eigenvalue weighted by molar-refractivity contribution is -0.203. The van der Waals surface area contributed by atoms with E-state index in [1.807, 2.05) is 62.2 Å². The molecule has 5 aliphatic heterocycles. The lowest BCUT2D eigenvalue weighted by Gasteiger charge is -2.63. The van der Waals surface area contributed by atoms with Crippen LogP contribution in [-0.4, -0.2) is 151 Å². The monoisotopic (exact) mass is 882 g/mol. The van der Waals surface area contributed by atoms with Gasteiger partial charge in [0.15, 0.2) is 5.60 Å². The second-order valence-corrected chi connectivity index (χ2v) is 19.7. The van der Waals surface area contributed by atoms with E-state index in [2.05, 4.69) is 32.2 Å². The molecule has 1 aromatic heterocycles. The van der Waals surface area contributed by atoms with Crippen LogP contribution >= 0.6 is 0 Å². The molecular weight excluding hydrogens is 817 g/mol. The van der Waals surface area contributed by atoms with Crippen LogP contribution in [0.25, 0.3) is 10.9 Å². The Morgan fingerprint density at radius 2 is 1.83 bits per heavy atom. The molecular formula is C49H66N6O9. The van der Waals surface area contributed by atoms with Crippen LogP contribution in [0, 0.1) is 11.3 Å². The number of aliphatic hydroxyl groups is 3. The molecule has 6 unspecified atom stereocenters. The van der Waals surface area contributed by atoms with Gasteiger partial charge in [-0.25, -0.2) is 0 Å². The van der Waals surface area contributed by atoms with Gasteiger partial charge in [0.25, 0.3) is 5.91 Å². The van der Waals surface area contributed by atoms with Crippen molar-refractivity contribution in [1.29, 1.82) is 0 Å². The highest BCUT2D eigenvalue weighted by Gasteiger charge is 2.78. The molecule has 2 aromatic carbocycles. The molecule has 1 amide bonds. The van der Waals surface area contributed by atoms with Crippen molar-refractivity contribution in [3.05, 3.63) is 70.9 Å². The smallest absolute Gasteiger partial charge is 0.322 e. The second kappa shape index (κ2) is 16.1. The van der Waals surface area contributed by atoms with Gasteiger partial charge in [-0.15, -0.1) is 0 Å². The normalized spacial score (nSPS) is 35.5. The number of benzene rings is 2. The highest BCUT2D eigenvalue weighted by atomic mass is 16.5. The number of piperidine rings is 1. The number of fused-ring (bicyclic) bond motifs is 6. The Hall–Kier alpha value is -4.51. The van der Waals surface area contributed by atoms with E-state index < -0.39 is 63.5 Å². The Morgan fingerprint density at radius 1 is 1.05 bits per heavy atom. The zero-order chi connectivity index (χ0) is 45.6. The molecule has 0 radical (unpaired) electrons. The van der Waals surface area contributed by atoms with Gasteiger partial charge in [0.05, 0.1) is 32.5 Å². The van der Waals surface area contributed by atoms with E-state index in [0.29, 0.717) is 82.6 Å². The molecule has 11 atom stereocenters. The van der Waals surface area contributed by atoms with E-state index in [1.54, 1.807) is 14.0 Å². The fourth-order valence-corrected chi connectivity index (χ4v) is 13.8. The Kier molecular flexibility index (Phi) is 11.3. The molecule has 2 saturated heterocycles. The van der Waals surface area contributed by atoms with Crippen molar-refractivity contribution in [3.63, 3.8) is 0 Å². The van der Waals surface area contributed by atoms with Crippen LogP contribution in [0.1, 0.15) is 81.7 Å². The van der Waals surface area contributed by atoms with Gasteiger partial charge in [-0.2, -0.15) is 0 Å². The number of hydrogen-bond donors (Lipinski definition) is 6. The predicted molar refractivity (Wildman–Crippen MR) is 241 cm³/mol. The molecule has 1 spiro atoms. The number of hydrogen-bond acceptors (Lipinski definition) is 13. The van der Waals surface area contributed by atoms with Gasteiger partial charge >= 0.3 is 11.9 Å². The van der Waals surface area contributed by atoms with Crippen LogP contribution in [0.3, 0.4) is 0 Å². The summed E-state index contributed by atoms with van der Waals surface area (Å²) in [5.74, 6) is -1.37. The Bertz CT molecular complexity index is 2370. The number of esters is 2. The summed E-state index contributed by atoms with van der Waals surface area (Å²) in [7, 11) is 4.89. The van der Waals surface area contributed by atoms with Gasteiger partial charge in [-0.05, 0) is 87.6 Å². The standard InChI is InChI=1S/C49H66N6O9/c1-7-45(60)25-30-26-48(44(59)63-6,38-32(15-20-54(27-30)28-45)31-13-9-10-14-35(31)52-38)34-23-33-36(24-37(34)62-5)53(4)41-47(33)17-21-55-19-11-16-46(8-2,40(47)55)42(57)49(41,61)43(58)51-18-12-22-64-39(56)29(3)50/h9-11,13-14,16,23-24,29-30,40-42,52,57,60-61H,7-8,12,15,17-22,25-28,50H2,1-6H3,(H,51,58)/t29?,30?,40?,41?,42-,45?,46-,47?,48+,49+/m1/s1. The molecule has 64 heavy (non-hydrogen) atoms. The topological polar surface area (TPSA) is 203 Å². The molecule has 1 saturated carbocycles. The van der Waals surface area contributed by atoms with Gasteiger partial charge in [0, 0.05) is 90.6 Å². The summed E-state index contributed by atoms with van der Waals surface area (Å²) in [6.45, 7) is 8.91. The van der Waals surface area contributed by atoms with Crippen LogP contribution in [0.2, 0.25) is 0 Å². The van der Waals surface area contributed by atoms with Crippen molar-refractivity contribution in [1.82, 2.24) is 20.1 Å². The number of aromatic nitrogens is 1. The lowest BCUT2D eigenvalue weighted by Crippen LogP contribution is -2.81. The Balaban J connectivity index is 1.25. The SMILES string of the molecule is CCC1(O)CC2C[N@](CCc3c([nH]c4ccccc34)[C@@](C(=O)OC)(c3cc4c(cc3OC)N(C)C3C45CCN4CC=C[C@](CC)(C45)[C@@H](O)[C@]3(O)C(=O)NCCCOC(=O)C(C)N)C2)C1. The van der Waals surface area contributed by atoms with E-state index in [-0.39, 0.29) is 31.5 Å². The van der Waals surface area contributed by atoms with Gasteiger partial charge in [0.1, 0.15) is 23.3 Å². The summed E-state index contributed by atoms with van der Waals surface area (Å²) in [5.41, 5.74) is 3.88. The third kappa shape index (κ3) is 6.24. The Morgan fingerprint density at radius 3 is 2.55 bits per heavy atom. The van der Waals surface area contributed by atoms with Gasteiger partial charge in [-0.1, -0.05) is 44.2 Å². The number of aliphatic hydroxyl groups excluding tert-OH is 1. The van der Waals surface area contributed by atoms with Crippen molar-refractivity contribution < 1.29 is 43.9 Å². The predicted octanol–water partition coefficient (Wildman–Crippen LogP) is 2.64. The number of carbonyl (C=O) groups excluding carboxylic acids is 3. The summed E-state index contributed by atoms with van der Waals surface area (Å²) < 4.78 is 17.6. The average Bonchev–Trinajstić information content (AvgIpc) is 3.95. The number of aromatic amines is 1. The minimum absolute atomic E-state index is 0.0260. The van der Waals surface area contributed by atoms with Crippen LogP contribution in [-0.2, 0) is 41.1 Å². The molecule has 346 valence electrons. The number of nitrogens with zero attached hydrogens (tertiary/aromatic N) is 3. The molecule has 15 heteroatoms. The highest BCUT2D eigenvalue weighted by Crippen LogP contribution is 2.67. The number of para-hydroxylation sites is 1. The van der Waals surface area contributed by atoms with Gasteiger partial charge < -0.3 is 50.5 Å². The van der Waals surface area contributed by atoms with Crippen molar-refractivity contribution in [2.45, 2.75) is 112 Å². The maximum absolute atomic E-state index is 15.4. The van der Waals surface area contributed by atoms with Crippen LogP contribution in [0.4, 0.5) is 5.69 Å². The van der Waals surface area contributed by atoms with E-state index in [4.69, 9.17) is 19.9 Å².